The molecule has 0 aliphatic rings. The Morgan fingerprint density at radius 2 is 2.15 bits per heavy atom. The maximum absolute atomic E-state index is 5.12. The van der Waals surface area contributed by atoms with E-state index in [2.05, 4.69) is 41.9 Å². The molecule has 74 valence electrons. The van der Waals surface area contributed by atoms with Gasteiger partial charge >= 0.3 is 0 Å². The van der Waals surface area contributed by atoms with E-state index in [0.717, 1.165) is 23.2 Å². The second-order valence-corrected chi connectivity index (χ2v) is 4.44. The summed E-state index contributed by atoms with van der Waals surface area (Å²) in [6.45, 7) is 6.64. The summed E-state index contributed by atoms with van der Waals surface area (Å²) < 4.78 is 5.12. The van der Waals surface area contributed by atoms with Crippen molar-refractivity contribution in [2.45, 2.75) is 38.4 Å². The molecule has 0 spiro atoms. The summed E-state index contributed by atoms with van der Waals surface area (Å²) in [7, 11) is 0. The van der Waals surface area contributed by atoms with Crippen LogP contribution in [0.25, 0.3) is 0 Å². The van der Waals surface area contributed by atoms with Crippen molar-refractivity contribution >= 4 is 15.9 Å². The standard InChI is InChI=1S/C10H16BrNO/c1-7(2)4-8(3)10-5-9(6-11)13-12-10/h5,7-8H,4,6H2,1-3H3. The van der Waals surface area contributed by atoms with Crippen molar-refractivity contribution in [1.29, 1.82) is 0 Å². The molecule has 13 heavy (non-hydrogen) atoms. The molecule has 0 amide bonds. The van der Waals surface area contributed by atoms with Gasteiger partial charge in [-0.05, 0) is 12.3 Å². The van der Waals surface area contributed by atoms with Crippen molar-refractivity contribution in [3.05, 3.63) is 17.5 Å². The Morgan fingerprint density at radius 1 is 1.46 bits per heavy atom. The van der Waals surface area contributed by atoms with E-state index in [1.165, 1.54) is 0 Å². The molecule has 1 unspecified atom stereocenters. The van der Waals surface area contributed by atoms with Crippen LogP contribution in [0.15, 0.2) is 10.6 Å². The molecule has 0 aromatic carbocycles. The molecule has 0 radical (unpaired) electrons. The molecule has 0 saturated carbocycles. The zero-order valence-corrected chi connectivity index (χ0v) is 9.97. The number of rotatable bonds is 4. The van der Waals surface area contributed by atoms with Gasteiger partial charge in [-0.1, -0.05) is 41.9 Å². The summed E-state index contributed by atoms with van der Waals surface area (Å²) in [5.74, 6) is 2.11. The van der Waals surface area contributed by atoms with Crippen molar-refractivity contribution in [1.82, 2.24) is 5.16 Å². The summed E-state index contributed by atoms with van der Waals surface area (Å²) in [5, 5.41) is 4.78. The molecular formula is C10H16BrNO. The van der Waals surface area contributed by atoms with Gasteiger partial charge < -0.3 is 4.52 Å². The predicted octanol–water partition coefficient (Wildman–Crippen LogP) is 3.72. The Bertz CT molecular complexity index is 257. The van der Waals surface area contributed by atoms with E-state index >= 15 is 0 Å². The first-order valence-corrected chi connectivity index (χ1v) is 5.77. The van der Waals surface area contributed by atoms with E-state index in [-0.39, 0.29) is 0 Å². The fourth-order valence-corrected chi connectivity index (χ4v) is 1.72. The number of hydrogen-bond acceptors (Lipinski definition) is 2. The van der Waals surface area contributed by atoms with Gasteiger partial charge in [0, 0.05) is 12.0 Å². The van der Waals surface area contributed by atoms with Gasteiger partial charge in [0.2, 0.25) is 0 Å². The molecule has 3 heteroatoms. The lowest BCUT2D eigenvalue weighted by Crippen LogP contribution is -1.98. The molecule has 0 aliphatic carbocycles. The predicted molar refractivity (Wildman–Crippen MR) is 57.0 cm³/mol. The number of hydrogen-bond donors (Lipinski definition) is 0. The normalized spacial score (nSPS) is 13.6. The fourth-order valence-electron chi connectivity index (χ4n) is 1.45. The van der Waals surface area contributed by atoms with Crippen molar-refractivity contribution in [3.8, 4) is 0 Å². The third-order valence-corrected chi connectivity index (χ3v) is 2.59. The van der Waals surface area contributed by atoms with Crippen LogP contribution in [0.3, 0.4) is 0 Å². The summed E-state index contributed by atoms with van der Waals surface area (Å²) in [5.41, 5.74) is 1.07. The average molecular weight is 246 g/mol. The molecular weight excluding hydrogens is 230 g/mol. The van der Waals surface area contributed by atoms with Gasteiger partial charge in [0.15, 0.2) is 0 Å². The van der Waals surface area contributed by atoms with Gasteiger partial charge in [0.05, 0.1) is 11.0 Å². The van der Waals surface area contributed by atoms with E-state index in [4.69, 9.17) is 4.52 Å². The average Bonchev–Trinajstić information content (AvgIpc) is 2.50. The van der Waals surface area contributed by atoms with E-state index in [1.54, 1.807) is 0 Å². The van der Waals surface area contributed by atoms with E-state index in [9.17, 15) is 0 Å². The minimum atomic E-state index is 0.497. The third kappa shape index (κ3) is 3.14. The van der Waals surface area contributed by atoms with Crippen molar-refractivity contribution < 1.29 is 4.52 Å². The third-order valence-electron chi connectivity index (χ3n) is 2.04. The Morgan fingerprint density at radius 3 is 2.62 bits per heavy atom. The highest BCUT2D eigenvalue weighted by atomic mass is 79.9. The first kappa shape index (κ1) is 10.8. The monoisotopic (exact) mass is 245 g/mol. The first-order chi connectivity index (χ1) is 6.13. The van der Waals surface area contributed by atoms with Crippen LogP contribution >= 0.6 is 15.9 Å². The first-order valence-electron chi connectivity index (χ1n) is 4.65. The second-order valence-electron chi connectivity index (χ2n) is 3.88. The van der Waals surface area contributed by atoms with Crippen molar-refractivity contribution in [2.75, 3.05) is 0 Å². The summed E-state index contributed by atoms with van der Waals surface area (Å²) in [4.78, 5) is 0. The zero-order valence-electron chi connectivity index (χ0n) is 8.38. The lowest BCUT2D eigenvalue weighted by Gasteiger charge is -2.09. The highest BCUT2D eigenvalue weighted by Crippen LogP contribution is 2.23. The molecule has 0 saturated heterocycles. The molecule has 1 rings (SSSR count). The molecule has 1 aromatic heterocycles. The van der Waals surface area contributed by atoms with Gasteiger partial charge in [-0.2, -0.15) is 0 Å². The lowest BCUT2D eigenvalue weighted by molar-refractivity contribution is 0.379. The summed E-state index contributed by atoms with van der Waals surface area (Å²) in [6, 6.07) is 2.03. The van der Waals surface area contributed by atoms with Crippen LogP contribution in [0.1, 0.15) is 44.6 Å². The second kappa shape index (κ2) is 4.80. The summed E-state index contributed by atoms with van der Waals surface area (Å²) in [6.07, 6.45) is 1.16. The van der Waals surface area contributed by atoms with Gasteiger partial charge in [-0.25, -0.2) is 0 Å². The van der Waals surface area contributed by atoms with Gasteiger partial charge in [0.1, 0.15) is 5.76 Å². The van der Waals surface area contributed by atoms with E-state index < -0.39 is 0 Å². The van der Waals surface area contributed by atoms with Crippen molar-refractivity contribution in [3.63, 3.8) is 0 Å². The Labute approximate surface area is 87.8 Å². The topological polar surface area (TPSA) is 26.0 Å². The van der Waals surface area contributed by atoms with E-state index in [0.29, 0.717) is 11.8 Å². The maximum atomic E-state index is 5.12. The largest absolute Gasteiger partial charge is 0.360 e. The highest BCUT2D eigenvalue weighted by molar-refractivity contribution is 9.08. The quantitative estimate of drug-likeness (QED) is 0.756. The number of nitrogens with zero attached hydrogens (tertiary/aromatic N) is 1. The molecule has 0 aliphatic heterocycles. The van der Waals surface area contributed by atoms with Crippen LogP contribution in [-0.2, 0) is 5.33 Å². The fraction of sp³-hybridized carbons (Fsp3) is 0.700. The maximum Gasteiger partial charge on any atom is 0.147 e. The number of halogens is 1. The van der Waals surface area contributed by atoms with Gasteiger partial charge in [0.25, 0.3) is 0 Å². The highest BCUT2D eigenvalue weighted by Gasteiger charge is 2.12. The van der Waals surface area contributed by atoms with Crippen LogP contribution in [0.4, 0.5) is 0 Å². The molecule has 0 N–H and O–H groups in total. The SMILES string of the molecule is CC(C)CC(C)c1cc(CBr)on1. The summed E-state index contributed by atoms with van der Waals surface area (Å²) >= 11 is 3.34. The zero-order chi connectivity index (χ0) is 9.84. The molecule has 0 bridgehead atoms. The number of aromatic nitrogens is 1. The number of alkyl halides is 1. The van der Waals surface area contributed by atoms with Gasteiger partial charge in [-0.3, -0.25) is 0 Å². The van der Waals surface area contributed by atoms with E-state index in [1.807, 2.05) is 6.07 Å². The smallest absolute Gasteiger partial charge is 0.147 e. The van der Waals surface area contributed by atoms with Crippen molar-refractivity contribution in [2.24, 2.45) is 5.92 Å². The minimum absolute atomic E-state index is 0.497. The van der Waals surface area contributed by atoms with Gasteiger partial charge in [-0.15, -0.1) is 0 Å². The minimum Gasteiger partial charge on any atom is -0.360 e. The molecule has 1 heterocycles. The molecule has 2 nitrogen and oxygen atoms in total. The Balaban J connectivity index is 2.60. The Hall–Kier alpha value is -0.310. The van der Waals surface area contributed by atoms with Crippen LogP contribution in [0, 0.1) is 5.92 Å². The van der Waals surface area contributed by atoms with Crippen LogP contribution in [0.2, 0.25) is 0 Å². The van der Waals surface area contributed by atoms with Crippen LogP contribution in [0.5, 0.6) is 0 Å². The Kier molecular flexibility index (Phi) is 3.97. The van der Waals surface area contributed by atoms with Crippen LogP contribution in [-0.4, -0.2) is 5.16 Å². The molecule has 1 aromatic rings. The lowest BCUT2D eigenvalue weighted by atomic mass is 9.96. The molecule has 0 fully saturated rings. The van der Waals surface area contributed by atoms with Crippen LogP contribution < -0.4 is 0 Å². The molecule has 1 atom stereocenters.